The molecule has 3 heteroatoms. The number of likely N-dealkylation sites (N-methyl/N-ethyl adjacent to an activating group) is 1. The van der Waals surface area contributed by atoms with Crippen molar-refractivity contribution in [3.05, 3.63) is 0 Å². The number of hydrogen-bond donors (Lipinski definition) is 1. The Bertz CT molecular complexity index is 172. The third-order valence-corrected chi connectivity index (χ3v) is 3.01. The second-order valence-electron chi connectivity index (χ2n) is 3.74. The van der Waals surface area contributed by atoms with E-state index in [9.17, 15) is 4.79 Å². The van der Waals surface area contributed by atoms with Gasteiger partial charge in [-0.15, -0.1) is 0 Å². The lowest BCUT2D eigenvalue weighted by molar-refractivity contribution is -0.149. The molecule has 1 aliphatic rings. The Morgan fingerprint density at radius 1 is 1.23 bits per heavy atom. The molecule has 1 saturated carbocycles. The normalized spacial score (nSPS) is 22.0. The topological polar surface area (TPSA) is 38.3 Å². The number of methoxy groups -OCH3 is 1. The van der Waals surface area contributed by atoms with Crippen LogP contribution in [0.4, 0.5) is 0 Å². The highest BCUT2D eigenvalue weighted by molar-refractivity contribution is 5.80. The molecule has 0 spiro atoms. The zero-order valence-corrected chi connectivity index (χ0v) is 8.56. The van der Waals surface area contributed by atoms with Crippen molar-refractivity contribution >= 4 is 5.97 Å². The van der Waals surface area contributed by atoms with Crippen molar-refractivity contribution in [1.82, 2.24) is 5.32 Å². The second kappa shape index (κ2) is 4.61. The predicted molar refractivity (Wildman–Crippen MR) is 51.5 cm³/mol. The van der Waals surface area contributed by atoms with Gasteiger partial charge in [0.05, 0.1) is 7.11 Å². The van der Waals surface area contributed by atoms with Crippen molar-refractivity contribution in [3.8, 4) is 0 Å². The molecule has 0 atom stereocenters. The van der Waals surface area contributed by atoms with Crippen molar-refractivity contribution in [2.24, 2.45) is 0 Å². The van der Waals surface area contributed by atoms with Gasteiger partial charge < -0.3 is 10.1 Å². The van der Waals surface area contributed by atoms with Gasteiger partial charge in [0.1, 0.15) is 5.54 Å². The summed E-state index contributed by atoms with van der Waals surface area (Å²) in [6.45, 7) is 0. The lowest BCUT2D eigenvalue weighted by Crippen LogP contribution is -2.50. The van der Waals surface area contributed by atoms with E-state index in [1.807, 2.05) is 7.05 Å². The monoisotopic (exact) mass is 185 g/mol. The first-order valence-corrected chi connectivity index (χ1v) is 5.02. The van der Waals surface area contributed by atoms with Gasteiger partial charge in [-0.3, -0.25) is 4.79 Å². The molecule has 0 aromatic carbocycles. The third-order valence-electron chi connectivity index (χ3n) is 3.01. The fraction of sp³-hybridized carbons (Fsp3) is 0.900. The molecule has 0 heterocycles. The molecule has 0 saturated heterocycles. The van der Waals surface area contributed by atoms with Crippen LogP contribution in [0, 0.1) is 0 Å². The van der Waals surface area contributed by atoms with Crippen molar-refractivity contribution in [2.75, 3.05) is 14.2 Å². The van der Waals surface area contributed by atoms with Crippen LogP contribution < -0.4 is 5.32 Å². The van der Waals surface area contributed by atoms with Gasteiger partial charge in [-0.2, -0.15) is 0 Å². The van der Waals surface area contributed by atoms with Gasteiger partial charge in [0.25, 0.3) is 0 Å². The minimum atomic E-state index is -0.398. The molecule has 13 heavy (non-hydrogen) atoms. The van der Waals surface area contributed by atoms with Crippen LogP contribution in [0.5, 0.6) is 0 Å². The lowest BCUT2D eigenvalue weighted by Gasteiger charge is -2.28. The van der Waals surface area contributed by atoms with Crippen LogP contribution in [0.2, 0.25) is 0 Å². The lowest BCUT2D eigenvalue weighted by atomic mass is 9.90. The summed E-state index contributed by atoms with van der Waals surface area (Å²) < 4.78 is 4.84. The van der Waals surface area contributed by atoms with E-state index in [-0.39, 0.29) is 5.97 Å². The zero-order valence-electron chi connectivity index (χ0n) is 8.56. The second-order valence-corrected chi connectivity index (χ2v) is 3.74. The molecule has 1 aliphatic carbocycles. The molecule has 0 unspecified atom stereocenters. The summed E-state index contributed by atoms with van der Waals surface area (Å²) in [6.07, 6.45) is 6.54. The highest BCUT2D eigenvalue weighted by Crippen LogP contribution is 2.27. The van der Waals surface area contributed by atoms with E-state index >= 15 is 0 Å². The van der Waals surface area contributed by atoms with Gasteiger partial charge in [-0.25, -0.2) is 0 Å². The van der Waals surface area contributed by atoms with Gasteiger partial charge >= 0.3 is 5.97 Å². The molecular weight excluding hydrogens is 166 g/mol. The summed E-state index contributed by atoms with van der Waals surface area (Å²) in [5.41, 5.74) is -0.398. The maximum atomic E-state index is 11.6. The summed E-state index contributed by atoms with van der Waals surface area (Å²) in [5.74, 6) is -0.100. The number of hydrogen-bond acceptors (Lipinski definition) is 3. The van der Waals surface area contributed by atoms with E-state index in [0.29, 0.717) is 0 Å². The molecule has 0 aromatic rings. The van der Waals surface area contributed by atoms with Gasteiger partial charge in [0, 0.05) is 0 Å². The molecule has 76 valence electrons. The molecular formula is C10H19NO2. The molecule has 1 fully saturated rings. The highest BCUT2D eigenvalue weighted by atomic mass is 16.5. The minimum absolute atomic E-state index is 0.100. The maximum absolute atomic E-state index is 11.6. The van der Waals surface area contributed by atoms with E-state index in [0.717, 1.165) is 25.7 Å². The first kappa shape index (κ1) is 10.5. The van der Waals surface area contributed by atoms with Crippen LogP contribution in [0.25, 0.3) is 0 Å². The quantitative estimate of drug-likeness (QED) is 0.523. The molecule has 3 nitrogen and oxygen atoms in total. The Hall–Kier alpha value is -0.570. The summed E-state index contributed by atoms with van der Waals surface area (Å²) >= 11 is 0. The van der Waals surface area contributed by atoms with Crippen molar-refractivity contribution < 1.29 is 9.53 Å². The van der Waals surface area contributed by atoms with Crippen LogP contribution in [0.15, 0.2) is 0 Å². The minimum Gasteiger partial charge on any atom is -0.468 e. The number of carbonyl (C=O) groups is 1. The SMILES string of the molecule is CNC1(C(=O)OC)CCCCCC1. The number of nitrogens with one attached hydrogen (secondary N) is 1. The fourth-order valence-electron chi connectivity index (χ4n) is 2.08. The number of rotatable bonds is 2. The fourth-order valence-corrected chi connectivity index (χ4v) is 2.08. The van der Waals surface area contributed by atoms with Crippen LogP contribution in [0.3, 0.4) is 0 Å². The van der Waals surface area contributed by atoms with Gasteiger partial charge in [0.15, 0.2) is 0 Å². The molecule has 1 rings (SSSR count). The average molecular weight is 185 g/mol. The van der Waals surface area contributed by atoms with E-state index in [2.05, 4.69) is 5.32 Å². The zero-order chi connectivity index (χ0) is 9.73. The van der Waals surface area contributed by atoms with Crippen molar-refractivity contribution in [3.63, 3.8) is 0 Å². The Balaban J connectivity index is 2.70. The Morgan fingerprint density at radius 3 is 2.15 bits per heavy atom. The number of esters is 1. The van der Waals surface area contributed by atoms with Crippen molar-refractivity contribution in [2.45, 2.75) is 44.1 Å². The van der Waals surface area contributed by atoms with E-state index in [4.69, 9.17) is 4.74 Å². The van der Waals surface area contributed by atoms with Crippen molar-refractivity contribution in [1.29, 1.82) is 0 Å². The van der Waals surface area contributed by atoms with Crippen LogP contribution in [-0.2, 0) is 9.53 Å². The summed E-state index contributed by atoms with van der Waals surface area (Å²) in [7, 11) is 3.31. The first-order valence-electron chi connectivity index (χ1n) is 5.02. The largest absolute Gasteiger partial charge is 0.468 e. The Labute approximate surface area is 79.8 Å². The van der Waals surface area contributed by atoms with E-state index < -0.39 is 5.54 Å². The molecule has 1 N–H and O–H groups in total. The highest BCUT2D eigenvalue weighted by Gasteiger charge is 2.37. The summed E-state index contributed by atoms with van der Waals surface area (Å²) in [4.78, 5) is 11.6. The predicted octanol–water partition coefficient (Wildman–Crippen LogP) is 1.47. The third kappa shape index (κ3) is 2.21. The molecule has 0 aliphatic heterocycles. The molecule has 0 bridgehead atoms. The van der Waals surface area contributed by atoms with E-state index in [1.54, 1.807) is 0 Å². The Morgan fingerprint density at radius 2 is 1.77 bits per heavy atom. The first-order chi connectivity index (χ1) is 6.25. The van der Waals surface area contributed by atoms with E-state index in [1.165, 1.54) is 20.0 Å². The van der Waals surface area contributed by atoms with Crippen LogP contribution >= 0.6 is 0 Å². The summed E-state index contributed by atoms with van der Waals surface area (Å²) in [6, 6.07) is 0. The molecule has 0 aromatic heterocycles. The summed E-state index contributed by atoms with van der Waals surface area (Å²) in [5, 5.41) is 3.13. The van der Waals surface area contributed by atoms with Gasteiger partial charge in [-0.1, -0.05) is 25.7 Å². The van der Waals surface area contributed by atoms with Crippen LogP contribution in [0.1, 0.15) is 38.5 Å². The van der Waals surface area contributed by atoms with Crippen LogP contribution in [-0.4, -0.2) is 25.7 Å². The van der Waals surface area contributed by atoms with Gasteiger partial charge in [0.2, 0.25) is 0 Å². The smallest absolute Gasteiger partial charge is 0.326 e. The number of carbonyl (C=O) groups excluding carboxylic acids is 1. The maximum Gasteiger partial charge on any atom is 0.326 e. The average Bonchev–Trinajstić information content (AvgIpc) is 2.42. The molecule has 0 radical (unpaired) electrons. The number of ether oxygens (including phenoxy) is 1. The molecule has 0 amide bonds. The standard InChI is InChI=1S/C10H19NO2/c1-11-10(9(12)13-2)7-5-3-4-6-8-10/h11H,3-8H2,1-2H3. The Kier molecular flexibility index (Phi) is 3.72. The van der Waals surface area contributed by atoms with Gasteiger partial charge in [-0.05, 0) is 19.9 Å².